The number of carbonyl (C=O) groups is 1. The SMILES string of the molecule is COc1cc(C)c(CCOC(=O)C(C)N)cc1C. The van der Waals surface area contributed by atoms with Crippen molar-refractivity contribution in [2.75, 3.05) is 13.7 Å². The van der Waals surface area contributed by atoms with Crippen molar-refractivity contribution in [3.8, 4) is 5.75 Å². The number of methoxy groups -OCH3 is 1. The molecule has 0 saturated carbocycles. The van der Waals surface area contributed by atoms with E-state index >= 15 is 0 Å². The fraction of sp³-hybridized carbons (Fsp3) is 0.500. The Morgan fingerprint density at radius 1 is 1.33 bits per heavy atom. The highest BCUT2D eigenvalue weighted by molar-refractivity contribution is 5.74. The molecule has 1 aromatic carbocycles. The summed E-state index contributed by atoms with van der Waals surface area (Å²) >= 11 is 0. The van der Waals surface area contributed by atoms with E-state index in [-0.39, 0.29) is 5.97 Å². The number of rotatable bonds is 5. The van der Waals surface area contributed by atoms with E-state index in [0.29, 0.717) is 13.0 Å². The molecule has 0 bridgehead atoms. The number of esters is 1. The molecule has 1 rings (SSSR count). The van der Waals surface area contributed by atoms with E-state index in [1.165, 1.54) is 0 Å². The summed E-state index contributed by atoms with van der Waals surface area (Å²) in [4.78, 5) is 11.2. The highest BCUT2D eigenvalue weighted by Gasteiger charge is 2.09. The van der Waals surface area contributed by atoms with Gasteiger partial charge in [-0.2, -0.15) is 0 Å². The summed E-state index contributed by atoms with van der Waals surface area (Å²) in [5, 5.41) is 0. The molecule has 18 heavy (non-hydrogen) atoms. The second-order valence-corrected chi connectivity index (χ2v) is 4.45. The van der Waals surface area contributed by atoms with Gasteiger partial charge in [-0.15, -0.1) is 0 Å². The monoisotopic (exact) mass is 251 g/mol. The fourth-order valence-electron chi connectivity index (χ4n) is 1.73. The highest BCUT2D eigenvalue weighted by atomic mass is 16.5. The lowest BCUT2D eigenvalue weighted by atomic mass is 10.0. The first-order chi connectivity index (χ1) is 8.45. The average Bonchev–Trinajstić information content (AvgIpc) is 2.32. The summed E-state index contributed by atoms with van der Waals surface area (Å²) in [6, 6.07) is 3.50. The number of hydrogen-bond donors (Lipinski definition) is 1. The van der Waals surface area contributed by atoms with Gasteiger partial charge in [0.15, 0.2) is 0 Å². The minimum absolute atomic E-state index is 0.354. The normalized spacial score (nSPS) is 12.1. The molecule has 0 saturated heterocycles. The molecule has 0 aromatic heterocycles. The molecule has 1 unspecified atom stereocenters. The van der Waals surface area contributed by atoms with Crippen LogP contribution in [0.4, 0.5) is 0 Å². The zero-order valence-corrected chi connectivity index (χ0v) is 11.4. The van der Waals surface area contributed by atoms with Crippen LogP contribution in [0.25, 0.3) is 0 Å². The maximum atomic E-state index is 11.2. The first-order valence-corrected chi connectivity index (χ1v) is 6.02. The van der Waals surface area contributed by atoms with Gasteiger partial charge in [-0.25, -0.2) is 0 Å². The zero-order valence-electron chi connectivity index (χ0n) is 11.4. The van der Waals surface area contributed by atoms with Crippen molar-refractivity contribution in [3.05, 3.63) is 28.8 Å². The predicted octanol–water partition coefficient (Wildman–Crippen LogP) is 1.74. The van der Waals surface area contributed by atoms with Gasteiger partial charge in [-0.05, 0) is 43.5 Å². The molecule has 0 aliphatic carbocycles. The van der Waals surface area contributed by atoms with Gasteiger partial charge in [0.1, 0.15) is 11.8 Å². The third-order valence-corrected chi connectivity index (χ3v) is 2.84. The Bertz CT molecular complexity index is 427. The summed E-state index contributed by atoms with van der Waals surface area (Å²) in [6.07, 6.45) is 0.690. The summed E-state index contributed by atoms with van der Waals surface area (Å²) < 4.78 is 10.3. The molecule has 0 amide bonds. The van der Waals surface area contributed by atoms with Crippen molar-refractivity contribution in [1.29, 1.82) is 0 Å². The van der Waals surface area contributed by atoms with Gasteiger partial charge in [-0.1, -0.05) is 6.07 Å². The van der Waals surface area contributed by atoms with Crippen LogP contribution in [0.2, 0.25) is 0 Å². The molecular formula is C14H21NO3. The number of nitrogens with two attached hydrogens (primary N) is 1. The Hall–Kier alpha value is -1.55. The Morgan fingerprint density at radius 3 is 2.56 bits per heavy atom. The Labute approximate surface area is 108 Å². The van der Waals surface area contributed by atoms with E-state index in [1.54, 1.807) is 14.0 Å². The lowest BCUT2D eigenvalue weighted by molar-refractivity contribution is -0.144. The van der Waals surface area contributed by atoms with Crippen molar-refractivity contribution >= 4 is 5.97 Å². The van der Waals surface area contributed by atoms with E-state index in [0.717, 1.165) is 22.4 Å². The summed E-state index contributed by atoms with van der Waals surface area (Å²) in [5.41, 5.74) is 8.79. The van der Waals surface area contributed by atoms with Crippen molar-refractivity contribution < 1.29 is 14.3 Å². The second-order valence-electron chi connectivity index (χ2n) is 4.45. The third-order valence-electron chi connectivity index (χ3n) is 2.84. The predicted molar refractivity (Wildman–Crippen MR) is 70.8 cm³/mol. The van der Waals surface area contributed by atoms with Crippen LogP contribution in [-0.2, 0) is 16.0 Å². The van der Waals surface area contributed by atoms with Crippen LogP contribution in [0.1, 0.15) is 23.6 Å². The molecular weight excluding hydrogens is 230 g/mol. The summed E-state index contributed by atoms with van der Waals surface area (Å²) in [6.45, 7) is 5.98. The lowest BCUT2D eigenvalue weighted by Gasteiger charge is -2.12. The van der Waals surface area contributed by atoms with Gasteiger partial charge < -0.3 is 15.2 Å². The Kier molecular flexibility index (Phi) is 5.16. The molecule has 0 fully saturated rings. The van der Waals surface area contributed by atoms with E-state index in [1.807, 2.05) is 19.9 Å². The molecule has 0 aliphatic heterocycles. The standard InChI is InChI=1S/C14H21NO3/c1-9-8-13(17-4)10(2)7-12(9)5-6-18-14(16)11(3)15/h7-8,11H,5-6,15H2,1-4H3. The molecule has 0 heterocycles. The highest BCUT2D eigenvalue weighted by Crippen LogP contribution is 2.22. The summed E-state index contributed by atoms with van der Waals surface area (Å²) in [7, 11) is 1.66. The van der Waals surface area contributed by atoms with Gasteiger partial charge >= 0.3 is 5.97 Å². The van der Waals surface area contributed by atoms with Crippen molar-refractivity contribution in [2.24, 2.45) is 5.73 Å². The molecule has 4 nitrogen and oxygen atoms in total. The van der Waals surface area contributed by atoms with Crippen LogP contribution in [0.15, 0.2) is 12.1 Å². The number of ether oxygens (including phenoxy) is 2. The number of aryl methyl sites for hydroxylation is 2. The first-order valence-electron chi connectivity index (χ1n) is 6.02. The average molecular weight is 251 g/mol. The molecule has 4 heteroatoms. The van der Waals surface area contributed by atoms with Gasteiger partial charge in [-0.3, -0.25) is 4.79 Å². The smallest absolute Gasteiger partial charge is 0.322 e. The number of hydrogen-bond acceptors (Lipinski definition) is 4. The quantitative estimate of drug-likeness (QED) is 0.810. The lowest BCUT2D eigenvalue weighted by Crippen LogP contribution is -2.29. The maximum absolute atomic E-state index is 11.2. The molecule has 2 N–H and O–H groups in total. The molecule has 100 valence electrons. The second kappa shape index (κ2) is 6.40. The molecule has 0 radical (unpaired) electrons. The molecule has 1 aromatic rings. The largest absolute Gasteiger partial charge is 0.496 e. The van der Waals surface area contributed by atoms with Crippen LogP contribution in [0.3, 0.4) is 0 Å². The Balaban J connectivity index is 2.63. The zero-order chi connectivity index (χ0) is 13.7. The summed E-state index contributed by atoms with van der Waals surface area (Å²) in [5.74, 6) is 0.515. The van der Waals surface area contributed by atoms with Gasteiger partial charge in [0, 0.05) is 6.42 Å². The minimum atomic E-state index is -0.566. The van der Waals surface area contributed by atoms with Crippen LogP contribution in [0.5, 0.6) is 5.75 Å². The van der Waals surface area contributed by atoms with Crippen LogP contribution in [0, 0.1) is 13.8 Å². The molecule has 1 atom stereocenters. The van der Waals surface area contributed by atoms with Crippen LogP contribution >= 0.6 is 0 Å². The van der Waals surface area contributed by atoms with E-state index < -0.39 is 6.04 Å². The van der Waals surface area contributed by atoms with Crippen molar-refractivity contribution in [3.63, 3.8) is 0 Å². The first kappa shape index (κ1) is 14.5. The van der Waals surface area contributed by atoms with Crippen LogP contribution < -0.4 is 10.5 Å². The molecule has 0 aliphatic rings. The number of carbonyl (C=O) groups excluding carboxylic acids is 1. The molecule has 0 spiro atoms. The van der Waals surface area contributed by atoms with Crippen molar-refractivity contribution in [1.82, 2.24) is 0 Å². The van der Waals surface area contributed by atoms with E-state index in [2.05, 4.69) is 6.07 Å². The number of benzene rings is 1. The Morgan fingerprint density at radius 2 is 2.00 bits per heavy atom. The van der Waals surface area contributed by atoms with E-state index in [9.17, 15) is 4.79 Å². The third kappa shape index (κ3) is 3.74. The van der Waals surface area contributed by atoms with Gasteiger partial charge in [0.05, 0.1) is 13.7 Å². The topological polar surface area (TPSA) is 61.5 Å². The van der Waals surface area contributed by atoms with Crippen LogP contribution in [-0.4, -0.2) is 25.7 Å². The minimum Gasteiger partial charge on any atom is -0.496 e. The van der Waals surface area contributed by atoms with Gasteiger partial charge in [0.2, 0.25) is 0 Å². The van der Waals surface area contributed by atoms with Crippen molar-refractivity contribution in [2.45, 2.75) is 33.2 Å². The maximum Gasteiger partial charge on any atom is 0.322 e. The fourth-order valence-corrected chi connectivity index (χ4v) is 1.73. The van der Waals surface area contributed by atoms with Gasteiger partial charge in [0.25, 0.3) is 0 Å². The van der Waals surface area contributed by atoms with E-state index in [4.69, 9.17) is 15.2 Å².